The van der Waals surface area contributed by atoms with Crippen molar-refractivity contribution in [3.8, 4) is 0 Å². The molecule has 5 nitrogen and oxygen atoms in total. The lowest BCUT2D eigenvalue weighted by Crippen LogP contribution is -2.42. The van der Waals surface area contributed by atoms with E-state index in [1.54, 1.807) is 26.2 Å². The SMILES string of the molecule is CNCc1ccc(S(=O)(=O)N(C)C2CCCCC2C)o1. The molecule has 0 aromatic carbocycles. The third kappa shape index (κ3) is 3.07. The van der Waals surface area contributed by atoms with Gasteiger partial charge < -0.3 is 9.73 Å². The summed E-state index contributed by atoms with van der Waals surface area (Å²) >= 11 is 0. The molecule has 2 rings (SSSR count). The van der Waals surface area contributed by atoms with Crippen molar-refractivity contribution in [2.75, 3.05) is 14.1 Å². The van der Waals surface area contributed by atoms with E-state index in [0.717, 1.165) is 19.3 Å². The minimum Gasteiger partial charge on any atom is -0.447 e. The van der Waals surface area contributed by atoms with Crippen molar-refractivity contribution in [3.05, 3.63) is 17.9 Å². The van der Waals surface area contributed by atoms with Crippen molar-refractivity contribution >= 4 is 10.0 Å². The number of sulfonamides is 1. The number of hydrogen-bond donors (Lipinski definition) is 1. The molecular formula is C14H24N2O3S. The average molecular weight is 300 g/mol. The lowest BCUT2D eigenvalue weighted by molar-refractivity contribution is 0.210. The van der Waals surface area contributed by atoms with Gasteiger partial charge in [0.15, 0.2) is 0 Å². The molecule has 1 aromatic rings. The molecular weight excluding hydrogens is 276 g/mol. The van der Waals surface area contributed by atoms with E-state index in [4.69, 9.17) is 4.42 Å². The van der Waals surface area contributed by atoms with Gasteiger partial charge in [-0.3, -0.25) is 0 Å². The Labute approximate surface area is 121 Å². The van der Waals surface area contributed by atoms with E-state index < -0.39 is 10.0 Å². The first kappa shape index (κ1) is 15.5. The van der Waals surface area contributed by atoms with Crippen molar-refractivity contribution in [2.45, 2.75) is 50.3 Å². The Hall–Kier alpha value is -0.850. The first-order valence-corrected chi connectivity index (χ1v) is 8.62. The van der Waals surface area contributed by atoms with Crippen LogP contribution >= 0.6 is 0 Å². The van der Waals surface area contributed by atoms with Gasteiger partial charge in [-0.1, -0.05) is 19.8 Å². The van der Waals surface area contributed by atoms with Crippen molar-refractivity contribution in [2.24, 2.45) is 5.92 Å². The molecule has 0 spiro atoms. The minimum absolute atomic E-state index is 0.0445. The fourth-order valence-corrected chi connectivity index (χ4v) is 4.33. The van der Waals surface area contributed by atoms with E-state index >= 15 is 0 Å². The maximum absolute atomic E-state index is 12.6. The summed E-state index contributed by atoms with van der Waals surface area (Å²) in [5, 5.41) is 2.99. The zero-order valence-electron chi connectivity index (χ0n) is 12.4. The maximum atomic E-state index is 12.6. The van der Waals surface area contributed by atoms with E-state index in [1.807, 2.05) is 0 Å². The Morgan fingerprint density at radius 1 is 1.35 bits per heavy atom. The number of nitrogens with zero attached hydrogens (tertiary/aromatic N) is 1. The predicted molar refractivity (Wildman–Crippen MR) is 77.8 cm³/mol. The summed E-state index contributed by atoms with van der Waals surface area (Å²) in [6.07, 6.45) is 4.31. The number of rotatable bonds is 5. The molecule has 1 aromatic heterocycles. The van der Waals surface area contributed by atoms with Crippen LogP contribution in [-0.4, -0.2) is 32.9 Å². The van der Waals surface area contributed by atoms with Gasteiger partial charge in [0.25, 0.3) is 10.0 Å². The van der Waals surface area contributed by atoms with Gasteiger partial charge >= 0.3 is 0 Å². The van der Waals surface area contributed by atoms with Crippen LogP contribution in [0.15, 0.2) is 21.6 Å². The largest absolute Gasteiger partial charge is 0.447 e. The fraction of sp³-hybridized carbons (Fsp3) is 0.714. The summed E-state index contributed by atoms with van der Waals surface area (Å²) < 4.78 is 32.2. The van der Waals surface area contributed by atoms with Gasteiger partial charge in [-0.05, 0) is 37.9 Å². The zero-order valence-corrected chi connectivity index (χ0v) is 13.2. The monoisotopic (exact) mass is 300 g/mol. The Bertz CT molecular complexity index is 538. The molecule has 1 saturated carbocycles. The molecule has 114 valence electrons. The van der Waals surface area contributed by atoms with Crippen LogP contribution < -0.4 is 5.32 Å². The predicted octanol–water partition coefficient (Wildman–Crippen LogP) is 2.20. The molecule has 1 N–H and O–H groups in total. The fourth-order valence-electron chi connectivity index (χ4n) is 2.92. The van der Waals surface area contributed by atoms with E-state index in [2.05, 4.69) is 12.2 Å². The molecule has 1 aliphatic rings. The Morgan fingerprint density at radius 2 is 2.05 bits per heavy atom. The standard InChI is InChI=1S/C14H24N2O3S/c1-11-6-4-5-7-13(11)16(3)20(17,18)14-9-8-12(19-14)10-15-2/h8-9,11,13,15H,4-7,10H2,1-3H3. The normalized spacial score (nSPS) is 24.2. The smallest absolute Gasteiger partial charge is 0.276 e. The van der Waals surface area contributed by atoms with Crippen LogP contribution in [0.1, 0.15) is 38.4 Å². The van der Waals surface area contributed by atoms with Crippen LogP contribution in [0.3, 0.4) is 0 Å². The summed E-state index contributed by atoms with van der Waals surface area (Å²) in [7, 11) is -0.0632. The van der Waals surface area contributed by atoms with Crippen molar-refractivity contribution in [3.63, 3.8) is 0 Å². The second kappa shape index (κ2) is 6.28. The zero-order chi connectivity index (χ0) is 14.8. The first-order chi connectivity index (χ1) is 9.46. The van der Waals surface area contributed by atoms with Crippen LogP contribution in [0.4, 0.5) is 0 Å². The summed E-state index contributed by atoms with van der Waals surface area (Å²) in [6, 6.07) is 3.33. The molecule has 1 fully saturated rings. The van der Waals surface area contributed by atoms with E-state index in [-0.39, 0.29) is 11.1 Å². The minimum atomic E-state index is -3.53. The molecule has 2 unspecified atom stereocenters. The Morgan fingerprint density at radius 3 is 2.70 bits per heavy atom. The summed E-state index contributed by atoms with van der Waals surface area (Å²) in [6.45, 7) is 2.66. The van der Waals surface area contributed by atoms with Crippen molar-refractivity contribution in [1.82, 2.24) is 9.62 Å². The molecule has 0 saturated heterocycles. The van der Waals surface area contributed by atoms with Crippen LogP contribution in [-0.2, 0) is 16.6 Å². The molecule has 6 heteroatoms. The number of furan rings is 1. The van der Waals surface area contributed by atoms with E-state index in [9.17, 15) is 8.42 Å². The molecule has 0 aliphatic heterocycles. The van der Waals surface area contributed by atoms with Crippen LogP contribution in [0.2, 0.25) is 0 Å². The van der Waals surface area contributed by atoms with Gasteiger partial charge in [-0.2, -0.15) is 4.31 Å². The third-order valence-corrected chi connectivity index (χ3v) is 5.91. The lowest BCUT2D eigenvalue weighted by Gasteiger charge is -2.34. The highest BCUT2D eigenvalue weighted by Gasteiger charge is 2.34. The molecule has 1 heterocycles. The lowest BCUT2D eigenvalue weighted by atomic mass is 9.86. The summed E-state index contributed by atoms with van der Waals surface area (Å²) in [5.74, 6) is 1.03. The van der Waals surface area contributed by atoms with Gasteiger partial charge in [0.1, 0.15) is 5.76 Å². The molecule has 0 amide bonds. The Balaban J connectivity index is 2.19. The Kier molecular flexibility index (Phi) is 4.88. The number of nitrogens with one attached hydrogen (secondary N) is 1. The topological polar surface area (TPSA) is 62.6 Å². The van der Waals surface area contributed by atoms with Gasteiger partial charge in [0.2, 0.25) is 5.09 Å². The van der Waals surface area contributed by atoms with Gasteiger partial charge in [-0.15, -0.1) is 0 Å². The molecule has 1 aliphatic carbocycles. The molecule has 0 bridgehead atoms. The first-order valence-electron chi connectivity index (χ1n) is 7.18. The molecule has 2 atom stereocenters. The van der Waals surface area contributed by atoms with Crippen molar-refractivity contribution in [1.29, 1.82) is 0 Å². The maximum Gasteiger partial charge on any atom is 0.276 e. The molecule has 0 radical (unpaired) electrons. The van der Waals surface area contributed by atoms with Crippen LogP contribution in [0.25, 0.3) is 0 Å². The number of hydrogen-bond acceptors (Lipinski definition) is 4. The highest BCUT2D eigenvalue weighted by Crippen LogP contribution is 2.31. The summed E-state index contributed by atoms with van der Waals surface area (Å²) in [4.78, 5) is 0. The van der Waals surface area contributed by atoms with Crippen LogP contribution in [0, 0.1) is 5.92 Å². The quantitative estimate of drug-likeness (QED) is 0.905. The second-order valence-electron chi connectivity index (χ2n) is 5.60. The van der Waals surface area contributed by atoms with Gasteiger partial charge in [0.05, 0.1) is 6.54 Å². The van der Waals surface area contributed by atoms with E-state index in [0.29, 0.717) is 18.2 Å². The van der Waals surface area contributed by atoms with E-state index in [1.165, 1.54) is 10.7 Å². The second-order valence-corrected chi connectivity index (χ2v) is 7.53. The van der Waals surface area contributed by atoms with Gasteiger partial charge in [0, 0.05) is 13.1 Å². The third-order valence-electron chi connectivity index (χ3n) is 4.15. The highest BCUT2D eigenvalue weighted by atomic mass is 32.2. The highest BCUT2D eigenvalue weighted by molar-refractivity contribution is 7.89. The average Bonchev–Trinajstić information content (AvgIpc) is 2.88. The van der Waals surface area contributed by atoms with Crippen molar-refractivity contribution < 1.29 is 12.8 Å². The van der Waals surface area contributed by atoms with Crippen LogP contribution in [0.5, 0.6) is 0 Å². The summed E-state index contributed by atoms with van der Waals surface area (Å²) in [5.41, 5.74) is 0. The van der Waals surface area contributed by atoms with Gasteiger partial charge in [-0.25, -0.2) is 8.42 Å². The molecule has 20 heavy (non-hydrogen) atoms.